The van der Waals surface area contributed by atoms with Gasteiger partial charge in [-0.15, -0.1) is 11.3 Å². The predicted octanol–water partition coefficient (Wildman–Crippen LogP) is 0.718. The molecule has 0 fully saturated rings. The molecule has 0 saturated carbocycles. The standard InChI is InChI=1S/C6H8ClN3OS/c1-10(2-5(8)11)6-9-4(7)3-12-6/h3H,2H2,1H3,(H2,8,11). The molecule has 6 heteroatoms. The quantitative estimate of drug-likeness (QED) is 0.791. The molecule has 0 aromatic carbocycles. The number of hydrogen-bond acceptors (Lipinski definition) is 4. The highest BCUT2D eigenvalue weighted by atomic mass is 35.5. The molecule has 12 heavy (non-hydrogen) atoms. The van der Waals surface area contributed by atoms with Crippen molar-refractivity contribution < 1.29 is 4.79 Å². The number of nitrogens with zero attached hydrogens (tertiary/aromatic N) is 2. The lowest BCUT2D eigenvalue weighted by molar-refractivity contribution is -0.116. The summed E-state index contributed by atoms with van der Waals surface area (Å²) in [5.74, 6) is -0.385. The minimum Gasteiger partial charge on any atom is -0.368 e. The molecule has 0 radical (unpaired) electrons. The number of carbonyl (C=O) groups excluding carboxylic acids is 1. The van der Waals surface area contributed by atoms with E-state index in [1.807, 2.05) is 0 Å². The first-order valence-electron chi connectivity index (χ1n) is 3.20. The molecule has 0 spiro atoms. The van der Waals surface area contributed by atoms with Gasteiger partial charge in [0.15, 0.2) is 5.13 Å². The molecule has 0 aliphatic rings. The van der Waals surface area contributed by atoms with Crippen molar-refractivity contribution in [3.05, 3.63) is 10.5 Å². The smallest absolute Gasteiger partial charge is 0.237 e. The Hall–Kier alpha value is -0.810. The Labute approximate surface area is 79.0 Å². The van der Waals surface area contributed by atoms with Crippen LogP contribution < -0.4 is 10.6 Å². The number of thiazole rings is 1. The second-order valence-corrected chi connectivity index (χ2v) is 3.50. The zero-order valence-electron chi connectivity index (χ0n) is 6.45. The third-order valence-corrected chi connectivity index (χ3v) is 2.46. The van der Waals surface area contributed by atoms with E-state index < -0.39 is 0 Å². The van der Waals surface area contributed by atoms with Crippen LogP contribution in [-0.2, 0) is 4.79 Å². The monoisotopic (exact) mass is 205 g/mol. The van der Waals surface area contributed by atoms with Gasteiger partial charge in [0, 0.05) is 12.4 Å². The van der Waals surface area contributed by atoms with E-state index in [0.717, 1.165) is 0 Å². The number of likely N-dealkylation sites (N-methyl/N-ethyl adjacent to an activating group) is 1. The summed E-state index contributed by atoms with van der Waals surface area (Å²) in [5, 5.41) is 2.83. The van der Waals surface area contributed by atoms with Crippen LogP contribution >= 0.6 is 22.9 Å². The maximum Gasteiger partial charge on any atom is 0.237 e. The minimum atomic E-state index is -0.385. The Kier molecular flexibility index (Phi) is 2.88. The number of carbonyl (C=O) groups is 1. The molecule has 1 amide bonds. The number of rotatable bonds is 3. The molecule has 1 aromatic heterocycles. The first-order chi connectivity index (χ1) is 5.59. The lowest BCUT2D eigenvalue weighted by Crippen LogP contribution is -2.30. The van der Waals surface area contributed by atoms with Gasteiger partial charge in [0.25, 0.3) is 0 Å². The predicted molar refractivity (Wildman–Crippen MR) is 49.6 cm³/mol. The largest absolute Gasteiger partial charge is 0.368 e. The van der Waals surface area contributed by atoms with Crippen LogP contribution in [0.15, 0.2) is 5.38 Å². The van der Waals surface area contributed by atoms with Gasteiger partial charge in [0.2, 0.25) is 5.91 Å². The van der Waals surface area contributed by atoms with Crippen molar-refractivity contribution in [1.82, 2.24) is 4.98 Å². The summed E-state index contributed by atoms with van der Waals surface area (Å²) in [7, 11) is 1.74. The van der Waals surface area contributed by atoms with Crippen LogP contribution in [0.1, 0.15) is 0 Å². The Morgan fingerprint density at radius 1 is 1.92 bits per heavy atom. The van der Waals surface area contributed by atoms with Gasteiger partial charge in [-0.05, 0) is 0 Å². The average Bonchev–Trinajstić information content (AvgIpc) is 2.34. The Morgan fingerprint density at radius 2 is 2.58 bits per heavy atom. The van der Waals surface area contributed by atoms with Gasteiger partial charge in [0.05, 0.1) is 6.54 Å². The van der Waals surface area contributed by atoms with Gasteiger partial charge in [-0.1, -0.05) is 11.6 Å². The van der Waals surface area contributed by atoms with E-state index in [2.05, 4.69) is 4.98 Å². The average molecular weight is 206 g/mol. The van der Waals surface area contributed by atoms with Crippen LogP contribution in [0.3, 0.4) is 0 Å². The van der Waals surface area contributed by atoms with E-state index in [-0.39, 0.29) is 12.5 Å². The number of anilines is 1. The summed E-state index contributed by atoms with van der Waals surface area (Å²) in [6, 6.07) is 0. The van der Waals surface area contributed by atoms with E-state index >= 15 is 0 Å². The lowest BCUT2D eigenvalue weighted by Gasteiger charge is -2.11. The highest BCUT2D eigenvalue weighted by molar-refractivity contribution is 7.14. The molecule has 0 atom stereocenters. The SMILES string of the molecule is CN(CC(N)=O)c1nc(Cl)cs1. The topological polar surface area (TPSA) is 59.2 Å². The van der Waals surface area contributed by atoms with Gasteiger partial charge >= 0.3 is 0 Å². The van der Waals surface area contributed by atoms with Gasteiger partial charge in [-0.25, -0.2) is 4.98 Å². The molecular formula is C6H8ClN3OS. The molecule has 0 bridgehead atoms. The summed E-state index contributed by atoms with van der Waals surface area (Å²) >= 11 is 6.97. The number of halogens is 1. The molecule has 0 saturated heterocycles. The molecule has 0 unspecified atom stereocenters. The highest BCUT2D eigenvalue weighted by Crippen LogP contribution is 2.21. The number of hydrogen-bond donors (Lipinski definition) is 1. The summed E-state index contributed by atoms with van der Waals surface area (Å²) in [5.41, 5.74) is 5.00. The van der Waals surface area contributed by atoms with E-state index in [0.29, 0.717) is 10.3 Å². The maximum absolute atomic E-state index is 10.5. The van der Waals surface area contributed by atoms with Crippen molar-refractivity contribution in [1.29, 1.82) is 0 Å². The van der Waals surface area contributed by atoms with Gasteiger partial charge in [-0.2, -0.15) is 0 Å². The summed E-state index contributed by atoms with van der Waals surface area (Å²) in [4.78, 5) is 16.1. The molecule has 1 heterocycles. The van der Waals surface area contributed by atoms with E-state index in [1.165, 1.54) is 11.3 Å². The van der Waals surface area contributed by atoms with Crippen molar-refractivity contribution in [3.63, 3.8) is 0 Å². The molecular weight excluding hydrogens is 198 g/mol. The second kappa shape index (κ2) is 3.73. The van der Waals surface area contributed by atoms with Crippen LogP contribution in [0.5, 0.6) is 0 Å². The lowest BCUT2D eigenvalue weighted by atomic mass is 10.6. The second-order valence-electron chi connectivity index (χ2n) is 2.28. The minimum absolute atomic E-state index is 0.157. The Bertz CT molecular complexity index is 288. The molecule has 0 aliphatic heterocycles. The van der Waals surface area contributed by atoms with Crippen molar-refractivity contribution >= 4 is 34.0 Å². The Morgan fingerprint density at radius 3 is 3.00 bits per heavy atom. The molecule has 1 rings (SSSR count). The first-order valence-corrected chi connectivity index (χ1v) is 4.46. The van der Waals surface area contributed by atoms with Crippen molar-refractivity contribution in [2.45, 2.75) is 0 Å². The normalized spacial score (nSPS) is 9.83. The molecule has 0 aliphatic carbocycles. The van der Waals surface area contributed by atoms with Crippen molar-refractivity contribution in [2.24, 2.45) is 5.73 Å². The zero-order chi connectivity index (χ0) is 9.14. The Balaban J connectivity index is 2.64. The molecule has 2 N–H and O–H groups in total. The molecule has 1 aromatic rings. The van der Waals surface area contributed by atoms with Crippen LogP contribution in [0.2, 0.25) is 5.15 Å². The zero-order valence-corrected chi connectivity index (χ0v) is 8.02. The van der Waals surface area contributed by atoms with Crippen LogP contribution in [-0.4, -0.2) is 24.5 Å². The van der Waals surface area contributed by atoms with E-state index in [4.69, 9.17) is 17.3 Å². The van der Waals surface area contributed by atoms with Crippen molar-refractivity contribution in [3.8, 4) is 0 Å². The highest BCUT2D eigenvalue weighted by Gasteiger charge is 2.07. The fourth-order valence-electron chi connectivity index (χ4n) is 0.722. The number of amides is 1. The van der Waals surface area contributed by atoms with Gasteiger partial charge in [0.1, 0.15) is 5.15 Å². The molecule has 66 valence electrons. The van der Waals surface area contributed by atoms with E-state index in [9.17, 15) is 4.79 Å². The summed E-state index contributed by atoms with van der Waals surface area (Å²) in [6.07, 6.45) is 0. The third kappa shape index (κ3) is 2.35. The van der Waals surface area contributed by atoms with Gasteiger partial charge < -0.3 is 10.6 Å². The number of nitrogens with two attached hydrogens (primary N) is 1. The molecule has 4 nitrogen and oxygen atoms in total. The summed E-state index contributed by atoms with van der Waals surface area (Å²) in [6.45, 7) is 0.157. The van der Waals surface area contributed by atoms with E-state index in [1.54, 1.807) is 17.3 Å². The van der Waals surface area contributed by atoms with Crippen LogP contribution in [0, 0.1) is 0 Å². The number of aromatic nitrogens is 1. The fourth-order valence-corrected chi connectivity index (χ4v) is 1.64. The maximum atomic E-state index is 10.5. The van der Waals surface area contributed by atoms with Crippen LogP contribution in [0.25, 0.3) is 0 Å². The first kappa shape index (κ1) is 9.28. The van der Waals surface area contributed by atoms with Crippen molar-refractivity contribution in [2.75, 3.05) is 18.5 Å². The third-order valence-electron chi connectivity index (χ3n) is 1.18. The summed E-state index contributed by atoms with van der Waals surface area (Å²) < 4.78 is 0. The fraction of sp³-hybridized carbons (Fsp3) is 0.333. The number of primary amides is 1. The van der Waals surface area contributed by atoms with Crippen LogP contribution in [0.4, 0.5) is 5.13 Å². The van der Waals surface area contributed by atoms with Gasteiger partial charge in [-0.3, -0.25) is 4.79 Å².